The van der Waals surface area contributed by atoms with Crippen LogP contribution in [0.4, 0.5) is 0 Å². The predicted octanol–water partition coefficient (Wildman–Crippen LogP) is 2.72. The second kappa shape index (κ2) is 9.03. The van der Waals surface area contributed by atoms with Gasteiger partial charge in [0.05, 0.1) is 6.61 Å². The van der Waals surface area contributed by atoms with Crippen LogP contribution in [0.5, 0.6) is 5.75 Å². The van der Waals surface area contributed by atoms with Crippen LogP contribution < -0.4 is 10.1 Å². The summed E-state index contributed by atoms with van der Waals surface area (Å²) < 4.78 is 16.2. The molecule has 1 aromatic rings. The summed E-state index contributed by atoms with van der Waals surface area (Å²) in [7, 11) is 1.71. The SMILES string of the molecule is CCNC1CCc2cc(OCCOCCCOC)ccc21. The molecule has 1 aliphatic rings. The van der Waals surface area contributed by atoms with Gasteiger partial charge in [-0.15, -0.1) is 0 Å². The molecule has 1 aromatic carbocycles. The van der Waals surface area contributed by atoms with Gasteiger partial charge in [0.25, 0.3) is 0 Å². The lowest BCUT2D eigenvalue weighted by molar-refractivity contribution is 0.0806. The van der Waals surface area contributed by atoms with Gasteiger partial charge in [0.2, 0.25) is 0 Å². The number of fused-ring (bicyclic) bond motifs is 1. The van der Waals surface area contributed by atoms with Crippen LogP contribution in [-0.4, -0.2) is 40.1 Å². The van der Waals surface area contributed by atoms with Crippen LogP contribution in [-0.2, 0) is 15.9 Å². The van der Waals surface area contributed by atoms with Crippen molar-refractivity contribution in [1.82, 2.24) is 5.32 Å². The van der Waals surface area contributed by atoms with Crippen LogP contribution in [0, 0.1) is 0 Å². The van der Waals surface area contributed by atoms with Crippen molar-refractivity contribution in [2.75, 3.05) is 40.1 Å². The average molecular weight is 293 g/mol. The molecule has 118 valence electrons. The van der Waals surface area contributed by atoms with Crippen molar-refractivity contribution in [2.24, 2.45) is 0 Å². The standard InChI is InChI=1S/C17H27NO3/c1-3-18-17-8-5-14-13-15(6-7-16(14)17)21-12-11-20-10-4-9-19-2/h6-7,13,17-18H,3-5,8-12H2,1-2H3. The highest BCUT2D eigenvalue weighted by molar-refractivity contribution is 5.40. The lowest BCUT2D eigenvalue weighted by Crippen LogP contribution is -2.18. The maximum absolute atomic E-state index is 5.76. The Morgan fingerprint density at radius 3 is 2.90 bits per heavy atom. The molecule has 4 nitrogen and oxygen atoms in total. The number of benzene rings is 1. The Morgan fingerprint density at radius 2 is 2.10 bits per heavy atom. The van der Waals surface area contributed by atoms with E-state index in [2.05, 4.69) is 30.4 Å². The van der Waals surface area contributed by atoms with Gasteiger partial charge in [0.1, 0.15) is 12.4 Å². The zero-order valence-corrected chi connectivity index (χ0v) is 13.2. The van der Waals surface area contributed by atoms with Gasteiger partial charge in [-0.1, -0.05) is 13.0 Å². The molecule has 4 heteroatoms. The largest absolute Gasteiger partial charge is 0.491 e. The molecule has 1 atom stereocenters. The quantitative estimate of drug-likeness (QED) is 0.673. The fourth-order valence-corrected chi connectivity index (χ4v) is 2.77. The number of ether oxygens (including phenoxy) is 3. The molecule has 0 fully saturated rings. The Balaban J connectivity index is 1.71. The van der Waals surface area contributed by atoms with E-state index in [1.807, 2.05) is 0 Å². The van der Waals surface area contributed by atoms with Crippen molar-refractivity contribution >= 4 is 0 Å². The Labute approximate surface area is 127 Å². The van der Waals surface area contributed by atoms with Crippen LogP contribution in [0.3, 0.4) is 0 Å². The Kier molecular flexibility index (Phi) is 7.00. The van der Waals surface area contributed by atoms with E-state index in [-0.39, 0.29) is 0 Å². The number of methoxy groups -OCH3 is 1. The summed E-state index contributed by atoms with van der Waals surface area (Å²) in [6.07, 6.45) is 3.26. The smallest absolute Gasteiger partial charge is 0.119 e. The topological polar surface area (TPSA) is 39.7 Å². The highest BCUT2D eigenvalue weighted by Crippen LogP contribution is 2.33. The molecule has 0 bridgehead atoms. The van der Waals surface area contributed by atoms with Crippen LogP contribution in [0.1, 0.15) is 36.9 Å². The number of rotatable bonds is 10. The Bertz CT molecular complexity index is 422. The van der Waals surface area contributed by atoms with E-state index >= 15 is 0 Å². The van der Waals surface area contributed by atoms with E-state index in [1.54, 1.807) is 7.11 Å². The van der Waals surface area contributed by atoms with Gasteiger partial charge >= 0.3 is 0 Å². The minimum atomic E-state index is 0.517. The molecule has 0 heterocycles. The van der Waals surface area contributed by atoms with Crippen molar-refractivity contribution in [3.63, 3.8) is 0 Å². The predicted molar refractivity (Wildman–Crippen MR) is 84.0 cm³/mol. The molecule has 2 rings (SSSR count). The number of aryl methyl sites for hydroxylation is 1. The molecule has 0 spiro atoms. The van der Waals surface area contributed by atoms with Gasteiger partial charge in [0, 0.05) is 26.4 Å². The molecule has 21 heavy (non-hydrogen) atoms. The molecule has 0 saturated heterocycles. The molecule has 0 amide bonds. The average Bonchev–Trinajstić information content (AvgIpc) is 2.89. The van der Waals surface area contributed by atoms with E-state index in [9.17, 15) is 0 Å². The maximum atomic E-state index is 5.76. The lowest BCUT2D eigenvalue weighted by atomic mass is 10.1. The zero-order valence-electron chi connectivity index (χ0n) is 13.2. The second-order valence-corrected chi connectivity index (χ2v) is 5.32. The maximum Gasteiger partial charge on any atom is 0.119 e. The molecule has 0 radical (unpaired) electrons. The van der Waals surface area contributed by atoms with Crippen molar-refractivity contribution in [1.29, 1.82) is 0 Å². The highest BCUT2D eigenvalue weighted by atomic mass is 16.5. The van der Waals surface area contributed by atoms with Crippen LogP contribution in [0.25, 0.3) is 0 Å². The molecule has 0 aromatic heterocycles. The van der Waals surface area contributed by atoms with Crippen molar-refractivity contribution in [3.05, 3.63) is 29.3 Å². The summed E-state index contributed by atoms with van der Waals surface area (Å²) in [5.74, 6) is 0.950. The first-order valence-electron chi connectivity index (χ1n) is 7.90. The Morgan fingerprint density at radius 1 is 1.19 bits per heavy atom. The van der Waals surface area contributed by atoms with Gasteiger partial charge in [-0.25, -0.2) is 0 Å². The number of hydrogen-bond donors (Lipinski definition) is 1. The molecule has 1 aliphatic carbocycles. The summed E-state index contributed by atoms with van der Waals surface area (Å²) in [6.45, 7) is 5.87. The molecular weight excluding hydrogens is 266 g/mol. The van der Waals surface area contributed by atoms with E-state index < -0.39 is 0 Å². The van der Waals surface area contributed by atoms with Crippen molar-refractivity contribution in [2.45, 2.75) is 32.2 Å². The fourth-order valence-electron chi connectivity index (χ4n) is 2.77. The van der Waals surface area contributed by atoms with Crippen molar-refractivity contribution < 1.29 is 14.2 Å². The number of hydrogen-bond acceptors (Lipinski definition) is 4. The molecule has 0 saturated carbocycles. The zero-order chi connectivity index (χ0) is 14.9. The van der Waals surface area contributed by atoms with Gasteiger partial charge in [0.15, 0.2) is 0 Å². The van der Waals surface area contributed by atoms with E-state index in [4.69, 9.17) is 14.2 Å². The summed E-state index contributed by atoms with van der Waals surface area (Å²) in [6, 6.07) is 6.96. The molecule has 0 aliphatic heterocycles. The van der Waals surface area contributed by atoms with Gasteiger partial charge < -0.3 is 19.5 Å². The second-order valence-electron chi connectivity index (χ2n) is 5.32. The normalized spacial score (nSPS) is 17.0. The third kappa shape index (κ3) is 4.99. The minimum Gasteiger partial charge on any atom is -0.491 e. The van der Waals surface area contributed by atoms with E-state index in [1.165, 1.54) is 17.5 Å². The molecular formula is C17H27NO3. The van der Waals surface area contributed by atoms with Gasteiger partial charge in [-0.3, -0.25) is 0 Å². The third-order valence-electron chi connectivity index (χ3n) is 3.78. The molecule has 1 N–H and O–H groups in total. The van der Waals surface area contributed by atoms with Crippen molar-refractivity contribution in [3.8, 4) is 5.75 Å². The summed E-state index contributed by atoms with van der Waals surface area (Å²) in [4.78, 5) is 0. The monoisotopic (exact) mass is 293 g/mol. The summed E-state index contributed by atoms with van der Waals surface area (Å²) in [5.41, 5.74) is 2.85. The third-order valence-corrected chi connectivity index (χ3v) is 3.78. The first kappa shape index (κ1) is 16.3. The first-order valence-corrected chi connectivity index (χ1v) is 7.90. The van der Waals surface area contributed by atoms with Crippen LogP contribution in [0.2, 0.25) is 0 Å². The molecule has 1 unspecified atom stereocenters. The van der Waals surface area contributed by atoms with E-state index in [0.717, 1.165) is 38.3 Å². The van der Waals surface area contributed by atoms with Gasteiger partial charge in [-0.05, 0) is 49.1 Å². The Hall–Kier alpha value is -1.10. The lowest BCUT2D eigenvalue weighted by Gasteiger charge is -2.13. The highest BCUT2D eigenvalue weighted by Gasteiger charge is 2.21. The van der Waals surface area contributed by atoms with Crippen LogP contribution >= 0.6 is 0 Å². The fraction of sp³-hybridized carbons (Fsp3) is 0.647. The summed E-state index contributed by atoms with van der Waals surface area (Å²) in [5, 5.41) is 3.53. The first-order chi connectivity index (χ1) is 10.3. The van der Waals surface area contributed by atoms with Gasteiger partial charge in [-0.2, -0.15) is 0 Å². The summed E-state index contributed by atoms with van der Waals surface area (Å²) >= 11 is 0. The van der Waals surface area contributed by atoms with Crippen LogP contribution in [0.15, 0.2) is 18.2 Å². The van der Waals surface area contributed by atoms with E-state index in [0.29, 0.717) is 19.3 Å². The number of nitrogens with one attached hydrogen (secondary N) is 1. The minimum absolute atomic E-state index is 0.517.